The fourth-order valence-electron chi connectivity index (χ4n) is 2.47. The Morgan fingerprint density at radius 2 is 1.96 bits per heavy atom. The maximum Gasteiger partial charge on any atom is 0.416 e. The van der Waals surface area contributed by atoms with Gasteiger partial charge in [-0.25, -0.2) is 13.4 Å². The molecule has 3 N–H and O–H groups in total. The molecular formula is C15H13F3N4O4S. The molecule has 1 aliphatic heterocycles. The Kier molecular flexibility index (Phi) is 4.59. The third-order valence-electron chi connectivity index (χ3n) is 3.81. The second-order valence-corrected chi connectivity index (χ2v) is 7.34. The number of amidine groups is 1. The zero-order chi connectivity index (χ0) is 19.8. The van der Waals surface area contributed by atoms with Gasteiger partial charge in [-0.1, -0.05) is 5.16 Å². The van der Waals surface area contributed by atoms with Crippen LogP contribution in [-0.4, -0.2) is 37.6 Å². The first-order valence-corrected chi connectivity index (χ1v) is 8.89. The lowest BCUT2D eigenvalue weighted by atomic mass is 10.2. The lowest BCUT2D eigenvalue weighted by Gasteiger charge is -2.30. The molecule has 3 rings (SSSR count). The van der Waals surface area contributed by atoms with E-state index >= 15 is 0 Å². The highest BCUT2D eigenvalue weighted by Crippen LogP contribution is 2.35. The smallest absolute Gasteiger partial charge is 0.416 e. The number of hydrogen-bond acceptors (Lipinski definition) is 6. The van der Waals surface area contributed by atoms with Gasteiger partial charge < -0.3 is 15.7 Å². The number of benzene rings is 1. The lowest BCUT2D eigenvalue weighted by molar-refractivity contribution is -0.137. The number of nitrogens with two attached hydrogens (primary N) is 1. The molecule has 2 heterocycles. The maximum absolute atomic E-state index is 12.9. The summed E-state index contributed by atoms with van der Waals surface area (Å²) >= 11 is 0. The topological polar surface area (TPSA) is 118 Å². The van der Waals surface area contributed by atoms with Crippen molar-refractivity contribution in [2.75, 3.05) is 17.5 Å². The number of nitrogens with zero attached hydrogens (tertiary/aromatic N) is 3. The number of sulfonamides is 1. The van der Waals surface area contributed by atoms with E-state index in [1.807, 2.05) is 0 Å². The summed E-state index contributed by atoms with van der Waals surface area (Å²) in [5.41, 5.74) is 4.72. The molecule has 0 saturated heterocycles. The molecule has 1 aliphatic rings. The molecule has 0 spiro atoms. The Labute approximate surface area is 151 Å². The SMILES string of the molecule is N/C(=N\O)c1cnc2c(c1)N(S(=O)(=O)c1ccc(C(F)(F)F)cc1)CCO2. The van der Waals surface area contributed by atoms with Crippen molar-refractivity contribution in [3.63, 3.8) is 0 Å². The van der Waals surface area contributed by atoms with Crippen molar-refractivity contribution in [3.8, 4) is 5.88 Å². The monoisotopic (exact) mass is 402 g/mol. The molecule has 0 atom stereocenters. The Bertz CT molecular complexity index is 991. The number of fused-ring (bicyclic) bond motifs is 1. The van der Waals surface area contributed by atoms with Gasteiger partial charge in [0.1, 0.15) is 12.3 Å². The van der Waals surface area contributed by atoms with E-state index in [0.29, 0.717) is 12.1 Å². The number of alkyl halides is 3. The van der Waals surface area contributed by atoms with Gasteiger partial charge >= 0.3 is 6.18 Å². The van der Waals surface area contributed by atoms with E-state index in [-0.39, 0.29) is 41.0 Å². The van der Waals surface area contributed by atoms with E-state index in [1.54, 1.807) is 0 Å². The molecule has 1 aromatic carbocycles. The molecule has 8 nitrogen and oxygen atoms in total. The fraction of sp³-hybridized carbons (Fsp3) is 0.200. The van der Waals surface area contributed by atoms with Gasteiger partial charge in [-0.3, -0.25) is 4.31 Å². The van der Waals surface area contributed by atoms with E-state index in [9.17, 15) is 21.6 Å². The maximum atomic E-state index is 12.9. The Morgan fingerprint density at radius 3 is 2.56 bits per heavy atom. The van der Waals surface area contributed by atoms with Gasteiger partial charge in [0.15, 0.2) is 5.84 Å². The molecule has 0 amide bonds. The first kappa shape index (κ1) is 18.8. The van der Waals surface area contributed by atoms with Crippen LogP contribution < -0.4 is 14.8 Å². The number of anilines is 1. The normalized spacial score (nSPS) is 15.2. The number of halogens is 3. The Balaban J connectivity index is 2.04. The molecule has 0 fully saturated rings. The van der Waals surface area contributed by atoms with Crippen LogP contribution in [0.5, 0.6) is 5.88 Å². The van der Waals surface area contributed by atoms with Gasteiger partial charge in [0.2, 0.25) is 5.88 Å². The Hall–Kier alpha value is -3.02. The van der Waals surface area contributed by atoms with Crippen LogP contribution in [0.4, 0.5) is 18.9 Å². The number of pyridine rings is 1. The fourth-order valence-corrected chi connectivity index (χ4v) is 3.91. The quantitative estimate of drug-likeness (QED) is 0.350. The number of hydrogen-bond donors (Lipinski definition) is 2. The van der Waals surface area contributed by atoms with Crippen molar-refractivity contribution < 1.29 is 31.5 Å². The molecule has 0 aliphatic carbocycles. The van der Waals surface area contributed by atoms with Gasteiger partial charge in [-0.2, -0.15) is 13.2 Å². The molecule has 0 radical (unpaired) electrons. The standard InChI is InChI=1S/C15H13F3N4O4S/c16-15(17,18)10-1-3-11(4-2-10)27(24,25)22-5-6-26-14-12(22)7-9(8-20-14)13(19)21-23/h1-4,7-8,23H,5-6H2,(H2,19,21). The van der Waals surface area contributed by atoms with Crippen molar-refractivity contribution in [1.29, 1.82) is 0 Å². The molecule has 144 valence electrons. The highest BCUT2D eigenvalue weighted by atomic mass is 32.2. The average Bonchev–Trinajstić information content (AvgIpc) is 2.65. The summed E-state index contributed by atoms with van der Waals surface area (Å²) in [6.45, 7) is -0.0829. The predicted octanol–water partition coefficient (Wildman–Crippen LogP) is 1.78. The highest BCUT2D eigenvalue weighted by molar-refractivity contribution is 7.92. The predicted molar refractivity (Wildman–Crippen MR) is 88.2 cm³/mol. The number of ether oxygens (including phenoxy) is 1. The number of aromatic nitrogens is 1. The second kappa shape index (κ2) is 6.61. The Morgan fingerprint density at radius 1 is 1.30 bits per heavy atom. The van der Waals surface area contributed by atoms with Gasteiger partial charge in [-0.15, -0.1) is 0 Å². The van der Waals surface area contributed by atoms with Crippen LogP contribution in [0.25, 0.3) is 0 Å². The summed E-state index contributed by atoms with van der Waals surface area (Å²) in [5.74, 6) is -0.283. The summed E-state index contributed by atoms with van der Waals surface area (Å²) in [7, 11) is -4.18. The first-order chi connectivity index (χ1) is 12.6. The third-order valence-corrected chi connectivity index (χ3v) is 5.63. The van der Waals surface area contributed by atoms with E-state index in [2.05, 4.69) is 10.1 Å². The van der Waals surface area contributed by atoms with E-state index in [0.717, 1.165) is 16.4 Å². The van der Waals surface area contributed by atoms with Crippen LogP contribution in [0, 0.1) is 0 Å². The van der Waals surface area contributed by atoms with Gasteiger partial charge in [-0.05, 0) is 30.3 Å². The van der Waals surface area contributed by atoms with Crippen LogP contribution in [0.3, 0.4) is 0 Å². The number of rotatable bonds is 3. The molecular weight excluding hydrogens is 389 g/mol. The van der Waals surface area contributed by atoms with Crippen LogP contribution in [-0.2, 0) is 16.2 Å². The summed E-state index contributed by atoms with van der Waals surface area (Å²) in [6, 6.07) is 4.46. The van der Waals surface area contributed by atoms with Crippen LogP contribution in [0.2, 0.25) is 0 Å². The van der Waals surface area contributed by atoms with E-state index in [1.165, 1.54) is 12.3 Å². The molecule has 0 unspecified atom stereocenters. The van der Waals surface area contributed by atoms with E-state index in [4.69, 9.17) is 15.7 Å². The number of oxime groups is 1. The highest BCUT2D eigenvalue weighted by Gasteiger charge is 2.34. The molecule has 12 heteroatoms. The van der Waals surface area contributed by atoms with Gasteiger partial charge in [0.25, 0.3) is 10.0 Å². The minimum absolute atomic E-state index is 0.00276. The van der Waals surface area contributed by atoms with Crippen LogP contribution in [0.15, 0.2) is 46.6 Å². The van der Waals surface area contributed by atoms with Crippen molar-refractivity contribution in [3.05, 3.63) is 47.7 Å². The molecule has 27 heavy (non-hydrogen) atoms. The minimum atomic E-state index is -4.58. The van der Waals surface area contributed by atoms with Gasteiger partial charge in [0, 0.05) is 11.8 Å². The summed E-state index contributed by atoms with van der Waals surface area (Å²) in [6.07, 6.45) is -3.34. The minimum Gasteiger partial charge on any atom is -0.474 e. The second-order valence-electron chi connectivity index (χ2n) is 5.48. The largest absolute Gasteiger partial charge is 0.474 e. The summed E-state index contributed by atoms with van der Waals surface area (Å²) < 4.78 is 70.2. The van der Waals surface area contributed by atoms with E-state index < -0.39 is 21.8 Å². The molecule has 2 aromatic rings. The first-order valence-electron chi connectivity index (χ1n) is 7.45. The van der Waals surface area contributed by atoms with Crippen molar-refractivity contribution >= 4 is 21.5 Å². The summed E-state index contributed by atoms with van der Waals surface area (Å²) in [4.78, 5) is 3.62. The average molecular weight is 402 g/mol. The molecule has 0 saturated carbocycles. The molecule has 0 bridgehead atoms. The van der Waals surface area contributed by atoms with Crippen molar-refractivity contribution in [2.24, 2.45) is 10.9 Å². The summed E-state index contributed by atoms with van der Waals surface area (Å²) in [5, 5.41) is 11.6. The third kappa shape index (κ3) is 3.47. The molecule has 1 aromatic heterocycles. The zero-order valence-corrected chi connectivity index (χ0v) is 14.3. The van der Waals surface area contributed by atoms with Crippen molar-refractivity contribution in [2.45, 2.75) is 11.1 Å². The van der Waals surface area contributed by atoms with Crippen LogP contribution in [0.1, 0.15) is 11.1 Å². The van der Waals surface area contributed by atoms with Crippen LogP contribution >= 0.6 is 0 Å². The zero-order valence-electron chi connectivity index (χ0n) is 13.5. The lowest BCUT2D eigenvalue weighted by Crippen LogP contribution is -2.38. The van der Waals surface area contributed by atoms with Crippen molar-refractivity contribution in [1.82, 2.24) is 4.98 Å². The van der Waals surface area contributed by atoms with Gasteiger partial charge in [0.05, 0.1) is 17.0 Å².